The standard InChI is InChI=1S/C11H13Br2NO2S/c12-8-9-4-3-7-14(9)17(15,16)11-6-2-1-5-10(11)13/h1-2,5-6,9H,3-4,7-8H2. The maximum Gasteiger partial charge on any atom is 0.244 e. The molecule has 94 valence electrons. The van der Waals surface area contributed by atoms with Gasteiger partial charge in [0.05, 0.1) is 4.90 Å². The van der Waals surface area contributed by atoms with Crippen molar-refractivity contribution < 1.29 is 8.42 Å². The summed E-state index contributed by atoms with van der Waals surface area (Å²) in [7, 11) is -3.37. The minimum absolute atomic E-state index is 0.0760. The van der Waals surface area contributed by atoms with Crippen LogP contribution in [0.1, 0.15) is 12.8 Å². The average molecular weight is 383 g/mol. The van der Waals surface area contributed by atoms with Gasteiger partial charge in [-0.15, -0.1) is 0 Å². The molecule has 3 nitrogen and oxygen atoms in total. The predicted octanol–water partition coefficient (Wildman–Crippen LogP) is 3.00. The van der Waals surface area contributed by atoms with Crippen molar-refractivity contribution in [1.29, 1.82) is 0 Å². The highest BCUT2D eigenvalue weighted by Gasteiger charge is 2.35. The molecule has 17 heavy (non-hydrogen) atoms. The number of benzene rings is 1. The lowest BCUT2D eigenvalue weighted by Crippen LogP contribution is -2.36. The highest BCUT2D eigenvalue weighted by atomic mass is 79.9. The van der Waals surface area contributed by atoms with Gasteiger partial charge < -0.3 is 0 Å². The molecular weight excluding hydrogens is 370 g/mol. The van der Waals surface area contributed by atoms with Gasteiger partial charge in [0.15, 0.2) is 0 Å². The maximum absolute atomic E-state index is 12.5. The molecule has 0 bridgehead atoms. The molecule has 0 amide bonds. The molecule has 1 aromatic rings. The van der Waals surface area contributed by atoms with E-state index in [1.807, 2.05) is 6.07 Å². The fourth-order valence-electron chi connectivity index (χ4n) is 2.06. The van der Waals surface area contributed by atoms with Crippen molar-refractivity contribution >= 4 is 41.9 Å². The number of halogens is 2. The van der Waals surface area contributed by atoms with Gasteiger partial charge >= 0.3 is 0 Å². The van der Waals surface area contributed by atoms with E-state index < -0.39 is 10.0 Å². The summed E-state index contributed by atoms with van der Waals surface area (Å²) in [6.07, 6.45) is 1.86. The monoisotopic (exact) mass is 381 g/mol. The Hall–Kier alpha value is 0.0900. The molecule has 1 atom stereocenters. The van der Waals surface area contributed by atoms with Gasteiger partial charge in [-0.3, -0.25) is 0 Å². The summed E-state index contributed by atoms with van der Waals surface area (Å²) in [6.45, 7) is 0.611. The summed E-state index contributed by atoms with van der Waals surface area (Å²) in [5.41, 5.74) is 0. The van der Waals surface area contributed by atoms with E-state index in [0.717, 1.165) is 12.8 Å². The molecule has 0 N–H and O–H groups in total. The summed E-state index contributed by atoms with van der Waals surface area (Å²) in [5.74, 6) is 0. The fraction of sp³-hybridized carbons (Fsp3) is 0.455. The van der Waals surface area contributed by atoms with E-state index in [2.05, 4.69) is 31.9 Å². The smallest absolute Gasteiger partial charge is 0.207 e. The second-order valence-electron chi connectivity index (χ2n) is 4.00. The van der Waals surface area contributed by atoms with Crippen LogP contribution in [-0.4, -0.2) is 30.6 Å². The van der Waals surface area contributed by atoms with Crippen molar-refractivity contribution in [2.24, 2.45) is 0 Å². The Kier molecular flexibility index (Phi) is 4.28. The molecule has 0 saturated carbocycles. The Morgan fingerprint density at radius 3 is 2.71 bits per heavy atom. The van der Waals surface area contributed by atoms with Crippen LogP contribution in [0.15, 0.2) is 33.6 Å². The molecule has 1 fully saturated rings. The largest absolute Gasteiger partial charge is 0.244 e. The first-order chi connectivity index (χ1) is 8.07. The van der Waals surface area contributed by atoms with Crippen LogP contribution in [0, 0.1) is 0 Å². The summed E-state index contributed by atoms with van der Waals surface area (Å²) in [4.78, 5) is 0.354. The molecule has 1 saturated heterocycles. The Morgan fingerprint density at radius 1 is 1.35 bits per heavy atom. The van der Waals surface area contributed by atoms with Crippen molar-refractivity contribution in [1.82, 2.24) is 4.31 Å². The van der Waals surface area contributed by atoms with Crippen LogP contribution < -0.4 is 0 Å². The zero-order valence-corrected chi connectivity index (χ0v) is 13.1. The van der Waals surface area contributed by atoms with E-state index in [-0.39, 0.29) is 6.04 Å². The number of sulfonamides is 1. The molecule has 1 aliphatic rings. The summed E-state index contributed by atoms with van der Waals surface area (Å²) in [6, 6.07) is 7.04. The van der Waals surface area contributed by atoms with Crippen molar-refractivity contribution in [2.45, 2.75) is 23.8 Å². The van der Waals surface area contributed by atoms with Gasteiger partial charge in [-0.1, -0.05) is 28.1 Å². The van der Waals surface area contributed by atoms with Gasteiger partial charge in [0.1, 0.15) is 0 Å². The molecule has 1 unspecified atom stereocenters. The molecule has 0 radical (unpaired) electrons. The lowest BCUT2D eigenvalue weighted by molar-refractivity contribution is 0.413. The van der Waals surface area contributed by atoms with Crippen molar-refractivity contribution in [3.8, 4) is 0 Å². The van der Waals surface area contributed by atoms with Crippen LogP contribution in [0.25, 0.3) is 0 Å². The molecular formula is C11H13Br2NO2S. The SMILES string of the molecule is O=S(=O)(c1ccccc1Br)N1CCCC1CBr. The summed E-state index contributed by atoms with van der Waals surface area (Å²) in [5, 5.41) is 0.691. The van der Waals surface area contributed by atoms with Gasteiger partial charge in [-0.25, -0.2) is 8.42 Å². The van der Waals surface area contributed by atoms with Gasteiger partial charge in [0, 0.05) is 22.4 Å². The number of hydrogen-bond acceptors (Lipinski definition) is 2. The molecule has 1 heterocycles. The zero-order chi connectivity index (χ0) is 12.5. The maximum atomic E-state index is 12.5. The summed E-state index contributed by atoms with van der Waals surface area (Å²) < 4.78 is 27.2. The first kappa shape index (κ1) is 13.5. The second-order valence-corrected chi connectivity index (χ2v) is 7.36. The van der Waals surface area contributed by atoms with Crippen LogP contribution in [0.4, 0.5) is 0 Å². The number of rotatable bonds is 3. The first-order valence-corrected chi connectivity index (χ1v) is 8.75. The van der Waals surface area contributed by atoms with Crippen LogP contribution in [0.3, 0.4) is 0 Å². The molecule has 1 aromatic carbocycles. The Balaban J connectivity index is 2.40. The fourth-order valence-corrected chi connectivity index (χ4v) is 5.58. The third-order valence-corrected chi connectivity index (χ3v) is 6.64. The van der Waals surface area contributed by atoms with Gasteiger partial charge in [0.2, 0.25) is 10.0 Å². The van der Waals surface area contributed by atoms with Crippen molar-refractivity contribution in [3.05, 3.63) is 28.7 Å². The van der Waals surface area contributed by atoms with Crippen LogP contribution in [0.5, 0.6) is 0 Å². The topological polar surface area (TPSA) is 37.4 Å². The van der Waals surface area contributed by atoms with E-state index in [1.165, 1.54) is 0 Å². The third kappa shape index (κ3) is 2.59. The van der Waals surface area contributed by atoms with Crippen LogP contribution >= 0.6 is 31.9 Å². The van der Waals surface area contributed by atoms with Gasteiger partial charge in [0.25, 0.3) is 0 Å². The number of alkyl halides is 1. The molecule has 6 heteroatoms. The van der Waals surface area contributed by atoms with E-state index in [0.29, 0.717) is 21.2 Å². The predicted molar refractivity (Wildman–Crippen MR) is 74.8 cm³/mol. The van der Waals surface area contributed by atoms with E-state index in [9.17, 15) is 8.42 Å². The van der Waals surface area contributed by atoms with Gasteiger partial charge in [-0.2, -0.15) is 4.31 Å². The minimum Gasteiger partial charge on any atom is -0.207 e. The van der Waals surface area contributed by atoms with E-state index >= 15 is 0 Å². The molecule has 0 aliphatic carbocycles. The molecule has 0 spiro atoms. The van der Waals surface area contributed by atoms with E-state index in [1.54, 1.807) is 22.5 Å². The first-order valence-electron chi connectivity index (χ1n) is 5.39. The Labute approximate surface area is 119 Å². The van der Waals surface area contributed by atoms with Gasteiger partial charge in [-0.05, 0) is 40.9 Å². The van der Waals surface area contributed by atoms with E-state index in [4.69, 9.17) is 0 Å². The Bertz CT molecular complexity index is 504. The zero-order valence-electron chi connectivity index (χ0n) is 9.14. The van der Waals surface area contributed by atoms with Crippen molar-refractivity contribution in [3.63, 3.8) is 0 Å². The lowest BCUT2D eigenvalue weighted by Gasteiger charge is -2.22. The highest BCUT2D eigenvalue weighted by molar-refractivity contribution is 9.10. The quantitative estimate of drug-likeness (QED) is 0.753. The molecule has 0 aromatic heterocycles. The number of hydrogen-bond donors (Lipinski definition) is 0. The van der Waals surface area contributed by atoms with Crippen LogP contribution in [0.2, 0.25) is 0 Å². The molecule has 2 rings (SSSR count). The van der Waals surface area contributed by atoms with Crippen molar-refractivity contribution in [2.75, 3.05) is 11.9 Å². The van der Waals surface area contributed by atoms with Crippen LogP contribution in [-0.2, 0) is 10.0 Å². The molecule has 1 aliphatic heterocycles. The lowest BCUT2D eigenvalue weighted by atomic mass is 10.3. The number of nitrogens with zero attached hydrogens (tertiary/aromatic N) is 1. The normalized spacial score (nSPS) is 21.9. The minimum atomic E-state index is -3.37. The second kappa shape index (κ2) is 5.38. The highest BCUT2D eigenvalue weighted by Crippen LogP contribution is 2.30. The third-order valence-electron chi connectivity index (χ3n) is 2.92. The average Bonchev–Trinajstić information content (AvgIpc) is 2.78. The Morgan fingerprint density at radius 2 is 2.06 bits per heavy atom. The summed E-state index contributed by atoms with van der Waals surface area (Å²) >= 11 is 6.69.